The van der Waals surface area contributed by atoms with E-state index in [1.54, 1.807) is 18.2 Å². The Kier molecular flexibility index (Phi) is 7.89. The first-order valence-electron chi connectivity index (χ1n) is 7.07. The molecule has 0 radical (unpaired) electrons. The van der Waals surface area contributed by atoms with Gasteiger partial charge in [0.15, 0.2) is 0 Å². The molecule has 6 heteroatoms. The average molecular weight is 294 g/mol. The van der Waals surface area contributed by atoms with Crippen molar-refractivity contribution in [3.05, 3.63) is 29.8 Å². The van der Waals surface area contributed by atoms with Crippen LogP contribution in [0.3, 0.4) is 0 Å². The molecule has 0 unspecified atom stereocenters. The lowest BCUT2D eigenvalue weighted by atomic mass is 10.2. The second-order valence-electron chi connectivity index (χ2n) is 4.50. The predicted molar refractivity (Wildman–Crippen MR) is 79.7 cm³/mol. The lowest BCUT2D eigenvalue weighted by Crippen LogP contribution is -2.29. The summed E-state index contributed by atoms with van der Waals surface area (Å²) in [6, 6.07) is 6.52. The Balaban J connectivity index is 2.17. The highest BCUT2D eigenvalue weighted by atomic mass is 16.5. The summed E-state index contributed by atoms with van der Waals surface area (Å²) < 4.78 is 5.43. The number of hydrogen-bond donors (Lipinski definition) is 3. The molecule has 0 fully saturated rings. The van der Waals surface area contributed by atoms with E-state index < -0.39 is 5.97 Å². The van der Waals surface area contributed by atoms with Crippen molar-refractivity contribution in [1.82, 2.24) is 10.6 Å². The summed E-state index contributed by atoms with van der Waals surface area (Å²) in [5, 5.41) is 14.9. The van der Waals surface area contributed by atoms with Crippen molar-refractivity contribution in [3.63, 3.8) is 0 Å². The van der Waals surface area contributed by atoms with E-state index in [9.17, 15) is 9.59 Å². The van der Waals surface area contributed by atoms with Crippen LogP contribution in [0.2, 0.25) is 0 Å². The number of carbonyl (C=O) groups excluding carboxylic acids is 1. The fraction of sp³-hybridized carbons (Fsp3) is 0.467. The van der Waals surface area contributed by atoms with Crippen molar-refractivity contribution in [2.24, 2.45) is 0 Å². The Hall–Kier alpha value is -2.08. The number of benzene rings is 1. The van der Waals surface area contributed by atoms with E-state index in [1.807, 2.05) is 6.92 Å². The van der Waals surface area contributed by atoms with Gasteiger partial charge in [0.05, 0.1) is 0 Å². The van der Waals surface area contributed by atoms with E-state index in [0.717, 1.165) is 6.42 Å². The summed E-state index contributed by atoms with van der Waals surface area (Å²) >= 11 is 0. The normalized spacial score (nSPS) is 10.1. The molecule has 0 aliphatic carbocycles. The van der Waals surface area contributed by atoms with Crippen LogP contribution in [0.25, 0.3) is 0 Å². The number of amides is 1. The van der Waals surface area contributed by atoms with E-state index in [4.69, 9.17) is 9.84 Å². The largest absolute Gasteiger partial charge is 0.491 e. The van der Waals surface area contributed by atoms with E-state index >= 15 is 0 Å². The molecule has 0 aliphatic heterocycles. The molecular formula is C15H22N2O4. The van der Waals surface area contributed by atoms with Crippen molar-refractivity contribution in [2.75, 3.05) is 26.2 Å². The summed E-state index contributed by atoms with van der Waals surface area (Å²) in [6.45, 7) is 4.17. The van der Waals surface area contributed by atoms with Crippen LogP contribution in [-0.2, 0) is 4.79 Å². The standard InChI is InChI=1S/C15H22N2O4/c1-2-8-17-14(18)7-9-16-10-11-21-13-6-4-3-5-12(13)15(19)20/h3-6,16H,2,7-11H2,1H3,(H,17,18)(H,19,20). The number of nitrogens with one attached hydrogen (secondary N) is 2. The Labute approximate surface area is 124 Å². The van der Waals surface area contributed by atoms with E-state index in [2.05, 4.69) is 10.6 Å². The second kappa shape index (κ2) is 9.77. The fourth-order valence-electron chi connectivity index (χ4n) is 1.68. The molecule has 0 spiro atoms. The molecule has 0 atom stereocenters. The van der Waals surface area contributed by atoms with Gasteiger partial charge in [-0.3, -0.25) is 4.79 Å². The first-order chi connectivity index (χ1) is 10.1. The van der Waals surface area contributed by atoms with E-state index in [-0.39, 0.29) is 11.5 Å². The zero-order chi connectivity index (χ0) is 15.5. The van der Waals surface area contributed by atoms with Crippen LogP contribution in [0.4, 0.5) is 0 Å². The Morgan fingerprint density at radius 1 is 1.19 bits per heavy atom. The van der Waals surface area contributed by atoms with Gasteiger partial charge in [-0.2, -0.15) is 0 Å². The molecule has 0 aliphatic rings. The summed E-state index contributed by atoms with van der Waals surface area (Å²) in [5.41, 5.74) is 0.149. The van der Waals surface area contributed by atoms with Gasteiger partial charge in [0.25, 0.3) is 0 Å². The highest BCUT2D eigenvalue weighted by Gasteiger charge is 2.09. The Morgan fingerprint density at radius 3 is 2.67 bits per heavy atom. The summed E-state index contributed by atoms with van der Waals surface area (Å²) in [5.74, 6) is -0.625. The summed E-state index contributed by atoms with van der Waals surface area (Å²) in [7, 11) is 0. The van der Waals surface area contributed by atoms with Gasteiger partial charge in [0.2, 0.25) is 5.91 Å². The molecule has 1 aromatic rings. The number of para-hydroxylation sites is 1. The van der Waals surface area contributed by atoms with Crippen LogP contribution < -0.4 is 15.4 Å². The van der Waals surface area contributed by atoms with Gasteiger partial charge in [0.1, 0.15) is 17.9 Å². The Bertz CT molecular complexity index is 463. The quantitative estimate of drug-likeness (QED) is 0.566. The number of carbonyl (C=O) groups is 2. The molecule has 1 amide bonds. The van der Waals surface area contributed by atoms with Crippen molar-refractivity contribution in [3.8, 4) is 5.75 Å². The van der Waals surface area contributed by atoms with E-state index in [1.165, 1.54) is 6.07 Å². The molecule has 1 rings (SSSR count). The minimum Gasteiger partial charge on any atom is -0.491 e. The van der Waals surface area contributed by atoms with Crippen LogP contribution in [0.15, 0.2) is 24.3 Å². The van der Waals surface area contributed by atoms with Crippen molar-refractivity contribution in [2.45, 2.75) is 19.8 Å². The molecule has 0 saturated heterocycles. The topological polar surface area (TPSA) is 87.7 Å². The number of carboxylic acids is 1. The highest BCUT2D eigenvalue weighted by molar-refractivity contribution is 5.90. The Morgan fingerprint density at radius 2 is 1.95 bits per heavy atom. The minimum atomic E-state index is -1.01. The average Bonchev–Trinajstić information content (AvgIpc) is 2.48. The van der Waals surface area contributed by atoms with Gasteiger partial charge in [-0.05, 0) is 18.6 Å². The number of aromatic carboxylic acids is 1. The number of carboxylic acid groups (broad SMARTS) is 1. The van der Waals surface area contributed by atoms with Crippen LogP contribution in [0.1, 0.15) is 30.1 Å². The van der Waals surface area contributed by atoms with Crippen molar-refractivity contribution >= 4 is 11.9 Å². The monoisotopic (exact) mass is 294 g/mol. The maximum atomic E-state index is 11.3. The summed E-state index contributed by atoms with van der Waals surface area (Å²) in [4.78, 5) is 22.3. The highest BCUT2D eigenvalue weighted by Crippen LogP contribution is 2.17. The van der Waals surface area contributed by atoms with Gasteiger partial charge >= 0.3 is 5.97 Å². The third-order valence-electron chi connectivity index (χ3n) is 2.75. The predicted octanol–water partition coefficient (Wildman–Crippen LogP) is 1.27. The molecule has 6 nitrogen and oxygen atoms in total. The van der Waals surface area contributed by atoms with Gasteiger partial charge in [-0.15, -0.1) is 0 Å². The zero-order valence-electron chi connectivity index (χ0n) is 12.2. The maximum Gasteiger partial charge on any atom is 0.339 e. The second-order valence-corrected chi connectivity index (χ2v) is 4.50. The summed E-state index contributed by atoms with van der Waals surface area (Å²) in [6.07, 6.45) is 1.35. The number of rotatable bonds is 10. The molecular weight excluding hydrogens is 272 g/mol. The van der Waals surface area contributed by atoms with Crippen LogP contribution in [0.5, 0.6) is 5.75 Å². The first kappa shape index (κ1) is 17.0. The van der Waals surface area contributed by atoms with Crippen LogP contribution in [0, 0.1) is 0 Å². The van der Waals surface area contributed by atoms with Crippen LogP contribution >= 0.6 is 0 Å². The third kappa shape index (κ3) is 6.76. The lowest BCUT2D eigenvalue weighted by molar-refractivity contribution is -0.120. The molecule has 116 valence electrons. The fourth-order valence-corrected chi connectivity index (χ4v) is 1.68. The van der Waals surface area contributed by atoms with Crippen molar-refractivity contribution < 1.29 is 19.4 Å². The first-order valence-corrected chi connectivity index (χ1v) is 7.07. The molecule has 0 heterocycles. The molecule has 0 saturated carbocycles. The number of ether oxygens (including phenoxy) is 1. The molecule has 21 heavy (non-hydrogen) atoms. The maximum absolute atomic E-state index is 11.3. The molecule has 0 aromatic heterocycles. The zero-order valence-corrected chi connectivity index (χ0v) is 12.2. The lowest BCUT2D eigenvalue weighted by Gasteiger charge is -2.09. The smallest absolute Gasteiger partial charge is 0.339 e. The minimum absolute atomic E-state index is 0.0292. The van der Waals surface area contributed by atoms with Crippen LogP contribution in [-0.4, -0.2) is 43.2 Å². The number of hydrogen-bond acceptors (Lipinski definition) is 4. The van der Waals surface area contributed by atoms with Gasteiger partial charge in [-0.1, -0.05) is 19.1 Å². The van der Waals surface area contributed by atoms with E-state index in [0.29, 0.717) is 38.4 Å². The third-order valence-corrected chi connectivity index (χ3v) is 2.75. The van der Waals surface area contributed by atoms with Gasteiger partial charge in [-0.25, -0.2) is 4.79 Å². The van der Waals surface area contributed by atoms with Gasteiger partial charge < -0.3 is 20.5 Å². The molecule has 1 aromatic carbocycles. The van der Waals surface area contributed by atoms with Gasteiger partial charge in [0, 0.05) is 26.1 Å². The molecule has 0 bridgehead atoms. The SMILES string of the molecule is CCCNC(=O)CCNCCOc1ccccc1C(=O)O. The molecule has 3 N–H and O–H groups in total. The van der Waals surface area contributed by atoms with Crippen molar-refractivity contribution in [1.29, 1.82) is 0 Å².